The van der Waals surface area contributed by atoms with Gasteiger partial charge in [-0.15, -0.1) is 11.8 Å². The van der Waals surface area contributed by atoms with Crippen molar-refractivity contribution in [3.63, 3.8) is 0 Å². The SMILES string of the molecule is C=C(C#N)c1ccc2c(c1)CCCS2. The molecule has 0 aliphatic carbocycles. The fourth-order valence-electron chi connectivity index (χ4n) is 1.61. The number of hydrogen-bond acceptors (Lipinski definition) is 2. The molecule has 0 N–H and O–H groups in total. The lowest BCUT2D eigenvalue weighted by molar-refractivity contribution is 0.889. The highest BCUT2D eigenvalue weighted by molar-refractivity contribution is 7.99. The first-order chi connectivity index (χ1) is 6.81. The molecule has 0 spiro atoms. The second kappa shape index (κ2) is 3.89. The van der Waals surface area contributed by atoms with Gasteiger partial charge in [0.2, 0.25) is 0 Å². The minimum absolute atomic E-state index is 0.559. The zero-order chi connectivity index (χ0) is 9.97. The van der Waals surface area contributed by atoms with Crippen molar-refractivity contribution >= 4 is 17.3 Å². The van der Waals surface area contributed by atoms with E-state index >= 15 is 0 Å². The van der Waals surface area contributed by atoms with Crippen molar-refractivity contribution in [3.05, 3.63) is 35.9 Å². The molecule has 2 rings (SSSR count). The average Bonchev–Trinajstić information content (AvgIpc) is 2.27. The number of rotatable bonds is 1. The molecule has 1 aromatic rings. The van der Waals surface area contributed by atoms with E-state index in [1.165, 1.54) is 22.6 Å². The van der Waals surface area contributed by atoms with E-state index in [2.05, 4.69) is 24.8 Å². The quantitative estimate of drug-likeness (QED) is 0.651. The van der Waals surface area contributed by atoms with E-state index in [1.807, 2.05) is 17.8 Å². The molecule has 0 amide bonds. The fourth-order valence-corrected chi connectivity index (χ4v) is 2.63. The van der Waals surface area contributed by atoms with Gasteiger partial charge in [-0.1, -0.05) is 12.6 Å². The maximum atomic E-state index is 8.74. The molecule has 70 valence electrons. The van der Waals surface area contributed by atoms with Crippen molar-refractivity contribution in [2.75, 3.05) is 5.75 Å². The number of thioether (sulfide) groups is 1. The lowest BCUT2D eigenvalue weighted by atomic mass is 10.0. The van der Waals surface area contributed by atoms with Gasteiger partial charge in [0, 0.05) is 4.90 Å². The Bertz CT molecular complexity index is 415. The molecule has 1 heterocycles. The summed E-state index contributed by atoms with van der Waals surface area (Å²) in [6.45, 7) is 3.72. The zero-order valence-electron chi connectivity index (χ0n) is 7.92. The Balaban J connectivity index is 2.39. The summed E-state index contributed by atoms with van der Waals surface area (Å²) >= 11 is 1.90. The maximum Gasteiger partial charge on any atom is 0.0991 e. The summed E-state index contributed by atoms with van der Waals surface area (Å²) in [6.07, 6.45) is 2.37. The van der Waals surface area contributed by atoms with Crippen molar-refractivity contribution in [3.8, 4) is 6.07 Å². The molecular formula is C12H11NS. The van der Waals surface area contributed by atoms with Crippen molar-refractivity contribution in [2.45, 2.75) is 17.7 Å². The molecule has 0 atom stereocenters. The van der Waals surface area contributed by atoms with Gasteiger partial charge in [-0.25, -0.2) is 0 Å². The Morgan fingerprint density at radius 3 is 3.14 bits per heavy atom. The molecule has 1 aliphatic heterocycles. The molecule has 0 aromatic heterocycles. The van der Waals surface area contributed by atoms with E-state index in [4.69, 9.17) is 5.26 Å². The molecule has 0 unspecified atom stereocenters. The van der Waals surface area contributed by atoms with Gasteiger partial charge in [0.05, 0.1) is 11.6 Å². The van der Waals surface area contributed by atoms with Gasteiger partial charge >= 0.3 is 0 Å². The first kappa shape index (κ1) is 9.36. The topological polar surface area (TPSA) is 23.8 Å². The van der Waals surface area contributed by atoms with Crippen LogP contribution in [-0.2, 0) is 6.42 Å². The highest BCUT2D eigenvalue weighted by Crippen LogP contribution is 2.31. The second-order valence-electron chi connectivity index (χ2n) is 3.36. The second-order valence-corrected chi connectivity index (χ2v) is 4.50. The molecule has 0 saturated carbocycles. The van der Waals surface area contributed by atoms with Crippen molar-refractivity contribution in [1.82, 2.24) is 0 Å². The first-order valence-electron chi connectivity index (χ1n) is 4.66. The third-order valence-corrected chi connectivity index (χ3v) is 3.59. The summed E-state index contributed by atoms with van der Waals surface area (Å²) in [5, 5.41) is 8.74. The fraction of sp³-hybridized carbons (Fsp3) is 0.250. The van der Waals surface area contributed by atoms with Crippen LogP contribution in [0.3, 0.4) is 0 Å². The predicted molar refractivity (Wildman–Crippen MR) is 60.1 cm³/mol. The molecule has 0 saturated heterocycles. The van der Waals surface area contributed by atoms with E-state index < -0.39 is 0 Å². The Morgan fingerprint density at radius 2 is 2.36 bits per heavy atom. The van der Waals surface area contributed by atoms with Crippen LogP contribution < -0.4 is 0 Å². The van der Waals surface area contributed by atoms with Crippen molar-refractivity contribution in [2.24, 2.45) is 0 Å². The standard InChI is InChI=1S/C12H11NS/c1-9(8-13)10-4-5-12-11(7-10)3-2-6-14-12/h4-5,7H,1-3,6H2. The number of allylic oxidation sites excluding steroid dienone is 1. The lowest BCUT2D eigenvalue weighted by Gasteiger charge is -2.15. The smallest absolute Gasteiger partial charge is 0.0991 e. The third-order valence-electron chi connectivity index (χ3n) is 2.39. The van der Waals surface area contributed by atoms with Crippen LogP contribution in [0, 0.1) is 11.3 Å². The number of nitriles is 1. The van der Waals surface area contributed by atoms with Gasteiger partial charge in [-0.2, -0.15) is 5.26 Å². The summed E-state index contributed by atoms with van der Waals surface area (Å²) in [6, 6.07) is 8.29. The van der Waals surface area contributed by atoms with Gasteiger partial charge < -0.3 is 0 Å². The van der Waals surface area contributed by atoms with Crippen LogP contribution in [0.2, 0.25) is 0 Å². The largest absolute Gasteiger partial charge is 0.192 e. The number of nitrogens with zero attached hydrogens (tertiary/aromatic N) is 1. The summed E-state index contributed by atoms with van der Waals surface area (Å²) in [7, 11) is 0. The van der Waals surface area contributed by atoms with Crippen LogP contribution >= 0.6 is 11.8 Å². The molecule has 1 nitrogen and oxygen atoms in total. The maximum absolute atomic E-state index is 8.74. The Morgan fingerprint density at radius 1 is 1.50 bits per heavy atom. The van der Waals surface area contributed by atoms with Crippen LogP contribution in [0.15, 0.2) is 29.7 Å². The van der Waals surface area contributed by atoms with Crippen LogP contribution in [0.1, 0.15) is 17.5 Å². The van der Waals surface area contributed by atoms with Crippen LogP contribution in [-0.4, -0.2) is 5.75 Å². The van der Waals surface area contributed by atoms with Crippen molar-refractivity contribution in [1.29, 1.82) is 5.26 Å². The molecule has 0 fully saturated rings. The Hall–Kier alpha value is -1.20. The lowest BCUT2D eigenvalue weighted by Crippen LogP contribution is -1.98. The summed E-state index contributed by atoms with van der Waals surface area (Å²) in [5.41, 5.74) is 2.90. The first-order valence-corrected chi connectivity index (χ1v) is 5.65. The van der Waals surface area contributed by atoms with Gasteiger partial charge in [0.1, 0.15) is 0 Å². The van der Waals surface area contributed by atoms with Gasteiger partial charge in [-0.05, 0) is 41.9 Å². The number of hydrogen-bond donors (Lipinski definition) is 0. The Kier molecular flexibility index (Phi) is 2.60. The predicted octanol–water partition coefficient (Wildman–Crippen LogP) is 3.26. The average molecular weight is 201 g/mol. The number of benzene rings is 1. The van der Waals surface area contributed by atoms with E-state index in [1.54, 1.807) is 0 Å². The summed E-state index contributed by atoms with van der Waals surface area (Å²) in [4.78, 5) is 1.37. The summed E-state index contributed by atoms with van der Waals surface area (Å²) < 4.78 is 0. The highest BCUT2D eigenvalue weighted by atomic mass is 32.2. The number of aryl methyl sites for hydroxylation is 1. The third kappa shape index (κ3) is 1.69. The molecule has 1 aliphatic rings. The molecule has 0 bridgehead atoms. The zero-order valence-corrected chi connectivity index (χ0v) is 8.73. The summed E-state index contributed by atoms with van der Waals surface area (Å²) in [5.74, 6) is 1.21. The minimum atomic E-state index is 0.559. The van der Waals surface area contributed by atoms with Gasteiger partial charge in [0.15, 0.2) is 0 Å². The minimum Gasteiger partial charge on any atom is -0.192 e. The van der Waals surface area contributed by atoms with Gasteiger partial charge in [-0.3, -0.25) is 0 Å². The van der Waals surface area contributed by atoms with Crippen LogP contribution in [0.5, 0.6) is 0 Å². The molecule has 14 heavy (non-hydrogen) atoms. The van der Waals surface area contributed by atoms with E-state index in [-0.39, 0.29) is 0 Å². The molecule has 0 radical (unpaired) electrons. The monoisotopic (exact) mass is 201 g/mol. The molecule has 1 aromatic carbocycles. The normalized spacial score (nSPS) is 14.2. The molecule has 2 heteroatoms. The number of fused-ring (bicyclic) bond motifs is 1. The Labute approximate surface area is 88.4 Å². The van der Waals surface area contributed by atoms with E-state index in [0.717, 1.165) is 12.0 Å². The van der Waals surface area contributed by atoms with Gasteiger partial charge in [0.25, 0.3) is 0 Å². The van der Waals surface area contributed by atoms with E-state index in [0.29, 0.717) is 5.57 Å². The van der Waals surface area contributed by atoms with Crippen molar-refractivity contribution < 1.29 is 0 Å². The molecular weight excluding hydrogens is 190 g/mol. The van der Waals surface area contributed by atoms with Crippen LogP contribution in [0.25, 0.3) is 5.57 Å². The van der Waals surface area contributed by atoms with Crippen LogP contribution in [0.4, 0.5) is 0 Å². The highest BCUT2D eigenvalue weighted by Gasteiger charge is 2.10. The van der Waals surface area contributed by atoms with E-state index in [9.17, 15) is 0 Å².